The van der Waals surface area contributed by atoms with E-state index in [0.717, 1.165) is 17.9 Å². The third-order valence-electron chi connectivity index (χ3n) is 2.64. The van der Waals surface area contributed by atoms with Gasteiger partial charge in [-0.2, -0.15) is 11.3 Å². The van der Waals surface area contributed by atoms with Gasteiger partial charge in [-0.15, -0.1) is 0 Å². The van der Waals surface area contributed by atoms with Gasteiger partial charge in [0.2, 0.25) is 0 Å². The number of pyridine rings is 1. The third kappa shape index (κ3) is 3.05. The van der Waals surface area contributed by atoms with E-state index in [1.165, 1.54) is 5.56 Å². The number of hydrogen-bond acceptors (Lipinski definition) is 4. The maximum atomic E-state index is 9.41. The van der Waals surface area contributed by atoms with Gasteiger partial charge < -0.3 is 10.0 Å². The van der Waals surface area contributed by atoms with Crippen molar-refractivity contribution >= 4 is 17.2 Å². The van der Waals surface area contributed by atoms with E-state index < -0.39 is 6.10 Å². The van der Waals surface area contributed by atoms with E-state index in [0.29, 0.717) is 0 Å². The van der Waals surface area contributed by atoms with Crippen LogP contribution < -0.4 is 4.90 Å². The van der Waals surface area contributed by atoms with Gasteiger partial charge in [-0.25, -0.2) is 4.98 Å². The van der Waals surface area contributed by atoms with Crippen molar-refractivity contribution in [3.05, 3.63) is 46.3 Å². The van der Waals surface area contributed by atoms with Crippen molar-refractivity contribution in [2.24, 2.45) is 0 Å². The van der Waals surface area contributed by atoms with Crippen LogP contribution in [0.4, 0.5) is 5.82 Å². The standard InChI is InChI=1S/C13H16N2OS/c1-10(16)12-3-4-13(14-7-12)15(2)8-11-5-6-17-9-11/h3-7,9-10,16H,8H2,1-2H3. The molecule has 90 valence electrons. The Morgan fingerprint density at radius 1 is 1.41 bits per heavy atom. The predicted molar refractivity (Wildman–Crippen MR) is 71.3 cm³/mol. The monoisotopic (exact) mass is 248 g/mol. The molecule has 1 atom stereocenters. The van der Waals surface area contributed by atoms with Crippen LogP contribution >= 0.6 is 11.3 Å². The molecule has 1 unspecified atom stereocenters. The van der Waals surface area contributed by atoms with Gasteiger partial charge in [0.1, 0.15) is 5.82 Å². The Bertz CT molecular complexity index is 451. The molecule has 0 spiro atoms. The molecular weight excluding hydrogens is 232 g/mol. The number of hydrogen-bond donors (Lipinski definition) is 1. The van der Waals surface area contributed by atoms with Crippen LogP contribution in [-0.2, 0) is 6.54 Å². The molecular formula is C13H16N2OS. The third-order valence-corrected chi connectivity index (χ3v) is 3.38. The van der Waals surface area contributed by atoms with Crippen molar-refractivity contribution in [3.8, 4) is 0 Å². The second-order valence-electron chi connectivity index (χ2n) is 4.11. The molecule has 0 radical (unpaired) electrons. The zero-order valence-corrected chi connectivity index (χ0v) is 10.8. The Kier molecular flexibility index (Phi) is 3.76. The largest absolute Gasteiger partial charge is 0.389 e. The number of thiophene rings is 1. The van der Waals surface area contributed by atoms with Gasteiger partial charge >= 0.3 is 0 Å². The molecule has 3 nitrogen and oxygen atoms in total. The average Bonchev–Trinajstić information content (AvgIpc) is 2.82. The summed E-state index contributed by atoms with van der Waals surface area (Å²) in [4.78, 5) is 6.44. The van der Waals surface area contributed by atoms with Crippen LogP contribution in [0.1, 0.15) is 24.2 Å². The van der Waals surface area contributed by atoms with E-state index in [9.17, 15) is 5.11 Å². The highest BCUT2D eigenvalue weighted by Gasteiger charge is 2.05. The molecule has 0 aliphatic rings. The Morgan fingerprint density at radius 3 is 2.76 bits per heavy atom. The van der Waals surface area contributed by atoms with Crippen LogP contribution in [0.15, 0.2) is 35.2 Å². The van der Waals surface area contributed by atoms with Crippen molar-refractivity contribution in [2.45, 2.75) is 19.6 Å². The van der Waals surface area contributed by atoms with Crippen molar-refractivity contribution in [3.63, 3.8) is 0 Å². The lowest BCUT2D eigenvalue weighted by atomic mass is 10.2. The zero-order chi connectivity index (χ0) is 12.3. The van der Waals surface area contributed by atoms with Crippen LogP contribution in [0, 0.1) is 0 Å². The average molecular weight is 248 g/mol. The molecule has 0 aromatic carbocycles. The molecule has 0 bridgehead atoms. The maximum absolute atomic E-state index is 9.41. The second kappa shape index (κ2) is 5.29. The first-order valence-electron chi connectivity index (χ1n) is 5.53. The van der Waals surface area contributed by atoms with Crippen LogP contribution in [0.25, 0.3) is 0 Å². The number of aliphatic hydroxyl groups is 1. The predicted octanol–water partition coefficient (Wildman–Crippen LogP) is 2.83. The number of aromatic nitrogens is 1. The Hall–Kier alpha value is -1.39. The van der Waals surface area contributed by atoms with Gasteiger partial charge in [-0.05, 0) is 40.9 Å². The molecule has 0 saturated heterocycles. The lowest BCUT2D eigenvalue weighted by molar-refractivity contribution is 0.199. The van der Waals surface area contributed by atoms with E-state index in [1.807, 2.05) is 19.2 Å². The summed E-state index contributed by atoms with van der Waals surface area (Å²) < 4.78 is 0. The van der Waals surface area contributed by atoms with E-state index in [1.54, 1.807) is 24.5 Å². The second-order valence-corrected chi connectivity index (χ2v) is 4.89. The first kappa shape index (κ1) is 12.1. The van der Waals surface area contributed by atoms with Gasteiger partial charge in [0.25, 0.3) is 0 Å². The van der Waals surface area contributed by atoms with Crippen molar-refractivity contribution in [1.82, 2.24) is 4.98 Å². The van der Waals surface area contributed by atoms with Crippen molar-refractivity contribution in [2.75, 3.05) is 11.9 Å². The maximum Gasteiger partial charge on any atom is 0.128 e. The van der Waals surface area contributed by atoms with E-state index in [-0.39, 0.29) is 0 Å². The minimum atomic E-state index is -0.460. The minimum Gasteiger partial charge on any atom is -0.389 e. The SMILES string of the molecule is CC(O)c1ccc(N(C)Cc2ccsc2)nc1. The summed E-state index contributed by atoms with van der Waals surface area (Å²) in [5, 5.41) is 13.6. The molecule has 1 N–H and O–H groups in total. The summed E-state index contributed by atoms with van der Waals surface area (Å²) in [6.07, 6.45) is 1.27. The van der Waals surface area contributed by atoms with Gasteiger partial charge in [-0.1, -0.05) is 6.07 Å². The fraction of sp³-hybridized carbons (Fsp3) is 0.308. The van der Waals surface area contributed by atoms with Crippen LogP contribution in [0.5, 0.6) is 0 Å². The molecule has 4 heteroatoms. The number of aliphatic hydroxyl groups excluding tert-OH is 1. The molecule has 2 aromatic rings. The van der Waals surface area contributed by atoms with Gasteiger partial charge in [0.15, 0.2) is 0 Å². The Morgan fingerprint density at radius 2 is 2.24 bits per heavy atom. The first-order chi connectivity index (χ1) is 8.16. The number of rotatable bonds is 4. The minimum absolute atomic E-state index is 0.460. The summed E-state index contributed by atoms with van der Waals surface area (Å²) in [6.45, 7) is 2.59. The molecule has 0 saturated carbocycles. The van der Waals surface area contributed by atoms with Crippen LogP contribution in [0.3, 0.4) is 0 Å². The van der Waals surface area contributed by atoms with Gasteiger partial charge in [0, 0.05) is 19.8 Å². The molecule has 0 aliphatic heterocycles. The van der Waals surface area contributed by atoms with Crippen LogP contribution in [0.2, 0.25) is 0 Å². The summed E-state index contributed by atoms with van der Waals surface area (Å²) in [5.41, 5.74) is 2.14. The fourth-order valence-electron chi connectivity index (χ4n) is 1.61. The summed E-state index contributed by atoms with van der Waals surface area (Å²) in [5.74, 6) is 0.917. The molecule has 2 rings (SSSR count). The van der Waals surface area contributed by atoms with Gasteiger partial charge in [0.05, 0.1) is 6.10 Å². The molecule has 2 aromatic heterocycles. The highest BCUT2D eigenvalue weighted by Crippen LogP contribution is 2.17. The van der Waals surface area contributed by atoms with Crippen molar-refractivity contribution < 1.29 is 5.11 Å². The Labute approximate surface area is 105 Å². The van der Waals surface area contributed by atoms with Gasteiger partial charge in [-0.3, -0.25) is 0 Å². The van der Waals surface area contributed by atoms with Crippen molar-refractivity contribution in [1.29, 1.82) is 0 Å². The molecule has 2 heterocycles. The zero-order valence-electron chi connectivity index (χ0n) is 10.00. The van der Waals surface area contributed by atoms with E-state index >= 15 is 0 Å². The number of nitrogens with zero attached hydrogens (tertiary/aromatic N) is 2. The lowest BCUT2D eigenvalue weighted by Crippen LogP contribution is -2.17. The molecule has 0 aliphatic carbocycles. The summed E-state index contributed by atoms with van der Waals surface area (Å²) in [7, 11) is 2.02. The molecule has 0 amide bonds. The quantitative estimate of drug-likeness (QED) is 0.904. The molecule has 17 heavy (non-hydrogen) atoms. The number of anilines is 1. The van der Waals surface area contributed by atoms with E-state index in [2.05, 4.69) is 26.7 Å². The summed E-state index contributed by atoms with van der Waals surface area (Å²) in [6, 6.07) is 5.97. The Balaban J connectivity index is 2.06. The lowest BCUT2D eigenvalue weighted by Gasteiger charge is -2.17. The van der Waals surface area contributed by atoms with Crippen LogP contribution in [-0.4, -0.2) is 17.1 Å². The highest BCUT2D eigenvalue weighted by molar-refractivity contribution is 7.07. The fourth-order valence-corrected chi connectivity index (χ4v) is 2.27. The first-order valence-corrected chi connectivity index (χ1v) is 6.47. The normalized spacial score (nSPS) is 12.4. The highest BCUT2D eigenvalue weighted by atomic mass is 32.1. The molecule has 0 fully saturated rings. The summed E-state index contributed by atoms with van der Waals surface area (Å²) >= 11 is 1.70. The topological polar surface area (TPSA) is 36.4 Å². The smallest absolute Gasteiger partial charge is 0.128 e. The van der Waals surface area contributed by atoms with E-state index in [4.69, 9.17) is 0 Å².